The van der Waals surface area contributed by atoms with Crippen LogP contribution in [0, 0.1) is 4.91 Å². The Morgan fingerprint density at radius 1 is 1.29 bits per heavy atom. The van der Waals surface area contributed by atoms with Gasteiger partial charge in [0, 0.05) is 6.54 Å². The van der Waals surface area contributed by atoms with Crippen LogP contribution in [0.2, 0.25) is 0 Å². The number of carbonyl (C=O) groups is 1. The van der Waals surface area contributed by atoms with Crippen molar-refractivity contribution in [2.24, 2.45) is 5.18 Å². The van der Waals surface area contributed by atoms with E-state index in [0.717, 1.165) is 12.8 Å². The summed E-state index contributed by atoms with van der Waals surface area (Å²) in [6.07, 6.45) is 2.03. The summed E-state index contributed by atoms with van der Waals surface area (Å²) < 4.78 is 5.56. The van der Waals surface area contributed by atoms with E-state index in [2.05, 4.69) is 10.5 Å². The predicted octanol–water partition coefficient (Wildman–Crippen LogP) is 2.13. The van der Waals surface area contributed by atoms with Crippen LogP contribution in [0.15, 0.2) is 29.4 Å². The highest BCUT2D eigenvalue weighted by Gasteiger charge is 2.23. The zero-order valence-electron chi connectivity index (χ0n) is 9.39. The summed E-state index contributed by atoms with van der Waals surface area (Å²) in [5.41, 5.74) is 0.226. The SMILES string of the molecule is O=Nc1ccccc1OC1CCCCNC1=O. The summed E-state index contributed by atoms with van der Waals surface area (Å²) in [5.74, 6) is 0.243. The Labute approximate surface area is 99.1 Å². The van der Waals surface area contributed by atoms with E-state index in [1.807, 2.05) is 0 Å². The van der Waals surface area contributed by atoms with Crippen molar-refractivity contribution in [3.05, 3.63) is 29.2 Å². The molecular weight excluding hydrogens is 220 g/mol. The van der Waals surface area contributed by atoms with Gasteiger partial charge in [-0.05, 0) is 36.6 Å². The van der Waals surface area contributed by atoms with Crippen molar-refractivity contribution in [2.45, 2.75) is 25.4 Å². The number of carbonyl (C=O) groups excluding carboxylic acids is 1. The van der Waals surface area contributed by atoms with Crippen LogP contribution >= 0.6 is 0 Å². The molecule has 1 aromatic rings. The van der Waals surface area contributed by atoms with Crippen LogP contribution in [0.1, 0.15) is 19.3 Å². The zero-order valence-corrected chi connectivity index (χ0v) is 9.39. The molecule has 0 spiro atoms. The number of ether oxygens (including phenoxy) is 1. The van der Waals surface area contributed by atoms with Gasteiger partial charge in [-0.15, -0.1) is 4.91 Å². The van der Waals surface area contributed by atoms with Crippen molar-refractivity contribution in [3.63, 3.8) is 0 Å². The lowest BCUT2D eigenvalue weighted by atomic mass is 10.2. The molecule has 1 fully saturated rings. The molecule has 5 nitrogen and oxygen atoms in total. The Hall–Kier alpha value is -1.91. The first kappa shape index (κ1) is 11.6. The number of nitrogens with one attached hydrogen (secondary N) is 1. The zero-order chi connectivity index (χ0) is 12.1. The third-order valence-corrected chi connectivity index (χ3v) is 2.72. The first-order valence-electron chi connectivity index (χ1n) is 5.68. The summed E-state index contributed by atoms with van der Waals surface area (Å²) in [4.78, 5) is 22.3. The maximum atomic E-state index is 11.7. The minimum Gasteiger partial charge on any atom is -0.478 e. The molecule has 0 aromatic heterocycles. The van der Waals surface area contributed by atoms with Gasteiger partial charge < -0.3 is 10.1 Å². The van der Waals surface area contributed by atoms with Gasteiger partial charge in [0.1, 0.15) is 11.4 Å². The maximum absolute atomic E-state index is 11.7. The molecule has 1 aromatic carbocycles. The number of hydrogen-bond acceptors (Lipinski definition) is 4. The van der Waals surface area contributed by atoms with E-state index in [4.69, 9.17) is 4.74 Å². The summed E-state index contributed by atoms with van der Waals surface area (Å²) in [6.45, 7) is 0.687. The molecule has 1 atom stereocenters. The van der Waals surface area contributed by atoms with Gasteiger partial charge in [0.05, 0.1) is 0 Å². The third-order valence-electron chi connectivity index (χ3n) is 2.72. The van der Waals surface area contributed by atoms with Crippen molar-refractivity contribution in [1.29, 1.82) is 0 Å². The molecule has 90 valence electrons. The highest BCUT2D eigenvalue weighted by atomic mass is 16.5. The van der Waals surface area contributed by atoms with Gasteiger partial charge in [0.15, 0.2) is 6.10 Å². The summed E-state index contributed by atoms with van der Waals surface area (Å²) in [7, 11) is 0. The van der Waals surface area contributed by atoms with Gasteiger partial charge in [-0.1, -0.05) is 12.1 Å². The molecule has 1 amide bonds. The first-order valence-corrected chi connectivity index (χ1v) is 5.68. The van der Waals surface area contributed by atoms with E-state index in [1.165, 1.54) is 0 Å². The van der Waals surface area contributed by atoms with Gasteiger partial charge in [-0.25, -0.2) is 0 Å². The molecule has 1 N–H and O–H groups in total. The molecule has 1 aliphatic rings. The normalized spacial score (nSPS) is 20.2. The fourth-order valence-corrected chi connectivity index (χ4v) is 1.81. The van der Waals surface area contributed by atoms with Crippen molar-refractivity contribution >= 4 is 11.6 Å². The highest BCUT2D eigenvalue weighted by molar-refractivity contribution is 5.81. The van der Waals surface area contributed by atoms with E-state index in [1.54, 1.807) is 24.3 Å². The number of amides is 1. The van der Waals surface area contributed by atoms with Gasteiger partial charge in [-0.3, -0.25) is 4.79 Å². The lowest BCUT2D eigenvalue weighted by molar-refractivity contribution is -0.127. The van der Waals surface area contributed by atoms with E-state index in [9.17, 15) is 9.70 Å². The van der Waals surface area contributed by atoms with Gasteiger partial charge in [-0.2, -0.15) is 0 Å². The molecular formula is C12H14N2O3. The summed E-state index contributed by atoms with van der Waals surface area (Å²) in [5, 5.41) is 5.66. The monoisotopic (exact) mass is 234 g/mol. The standard InChI is InChI=1S/C12H14N2O3/c15-12-11(7-3-4-8-13-12)17-10-6-2-1-5-9(10)14-16/h1-2,5-6,11H,3-4,7-8H2,(H,13,15). The van der Waals surface area contributed by atoms with E-state index >= 15 is 0 Å². The average molecular weight is 234 g/mol. The Kier molecular flexibility index (Phi) is 3.69. The van der Waals surface area contributed by atoms with Crippen molar-refractivity contribution in [1.82, 2.24) is 5.32 Å². The molecule has 0 aliphatic carbocycles. The fourth-order valence-electron chi connectivity index (χ4n) is 1.81. The number of hydrogen-bond donors (Lipinski definition) is 1. The van der Waals surface area contributed by atoms with Gasteiger partial charge in [0.25, 0.3) is 5.91 Å². The van der Waals surface area contributed by atoms with Gasteiger partial charge >= 0.3 is 0 Å². The molecule has 2 rings (SSSR count). The van der Waals surface area contributed by atoms with Crippen LogP contribution in [0.5, 0.6) is 5.75 Å². The number of nitroso groups, excluding NO2 is 1. The largest absolute Gasteiger partial charge is 0.478 e. The van der Waals surface area contributed by atoms with E-state index in [0.29, 0.717) is 18.7 Å². The number of para-hydroxylation sites is 1. The maximum Gasteiger partial charge on any atom is 0.261 e. The highest BCUT2D eigenvalue weighted by Crippen LogP contribution is 2.28. The first-order chi connectivity index (χ1) is 8.31. The molecule has 1 unspecified atom stereocenters. The molecule has 17 heavy (non-hydrogen) atoms. The van der Waals surface area contributed by atoms with Crippen LogP contribution < -0.4 is 10.1 Å². The second kappa shape index (κ2) is 5.43. The van der Waals surface area contributed by atoms with Crippen LogP contribution in [0.4, 0.5) is 5.69 Å². The summed E-state index contributed by atoms with van der Waals surface area (Å²) >= 11 is 0. The minimum atomic E-state index is -0.527. The molecule has 1 aliphatic heterocycles. The molecule has 1 saturated heterocycles. The molecule has 1 heterocycles. The fraction of sp³-hybridized carbons (Fsp3) is 0.417. The molecule has 0 radical (unpaired) electrons. The topological polar surface area (TPSA) is 67.8 Å². The number of rotatable bonds is 3. The second-order valence-corrected chi connectivity index (χ2v) is 3.95. The number of nitrogens with zero attached hydrogens (tertiary/aromatic N) is 1. The summed E-state index contributed by atoms with van der Waals surface area (Å²) in [6, 6.07) is 6.67. The molecule has 0 saturated carbocycles. The van der Waals surface area contributed by atoms with Crippen LogP contribution in [0.3, 0.4) is 0 Å². The lowest BCUT2D eigenvalue weighted by Gasteiger charge is -2.16. The Balaban J connectivity index is 2.13. The van der Waals surface area contributed by atoms with Gasteiger partial charge in [0.2, 0.25) is 0 Å². The number of benzene rings is 1. The average Bonchev–Trinajstić information content (AvgIpc) is 2.56. The molecule has 5 heteroatoms. The smallest absolute Gasteiger partial charge is 0.261 e. The van der Waals surface area contributed by atoms with Crippen molar-refractivity contribution in [2.75, 3.05) is 6.54 Å². The molecule has 0 bridgehead atoms. The van der Waals surface area contributed by atoms with Crippen molar-refractivity contribution < 1.29 is 9.53 Å². The van der Waals surface area contributed by atoms with Crippen LogP contribution in [-0.2, 0) is 4.79 Å². The predicted molar refractivity (Wildman–Crippen MR) is 63.2 cm³/mol. The van der Waals surface area contributed by atoms with Crippen LogP contribution in [-0.4, -0.2) is 18.6 Å². The lowest BCUT2D eigenvalue weighted by Crippen LogP contribution is -2.36. The third kappa shape index (κ3) is 2.81. The Morgan fingerprint density at radius 2 is 2.12 bits per heavy atom. The second-order valence-electron chi connectivity index (χ2n) is 3.95. The van der Waals surface area contributed by atoms with Crippen LogP contribution in [0.25, 0.3) is 0 Å². The van der Waals surface area contributed by atoms with Crippen molar-refractivity contribution in [3.8, 4) is 5.75 Å². The van der Waals surface area contributed by atoms with E-state index < -0.39 is 6.10 Å². The van der Waals surface area contributed by atoms with E-state index in [-0.39, 0.29) is 11.6 Å². The Bertz CT molecular complexity index is 420. The minimum absolute atomic E-state index is 0.122. The Morgan fingerprint density at radius 3 is 2.94 bits per heavy atom. The quantitative estimate of drug-likeness (QED) is 0.814.